The van der Waals surface area contributed by atoms with Crippen molar-refractivity contribution < 1.29 is 59.0 Å². The molecule has 1 atom stereocenters. The summed E-state index contributed by atoms with van der Waals surface area (Å²) in [7, 11) is 0. The largest absolute Gasteiger partial charge is 0.432 e. The molecule has 0 aromatic carbocycles. The highest BCUT2D eigenvalue weighted by molar-refractivity contribution is 7.18. The molecule has 1 fully saturated rings. The Balaban J connectivity index is 1.97. The van der Waals surface area contributed by atoms with Crippen molar-refractivity contribution in [3.63, 3.8) is 0 Å². The molecule has 0 saturated carbocycles. The topological polar surface area (TPSA) is 125 Å². The molecule has 19 heteroatoms. The molecule has 230 valence electrons. The van der Waals surface area contributed by atoms with Gasteiger partial charge < -0.3 is 19.6 Å². The molecule has 9 nitrogen and oxygen atoms in total. The van der Waals surface area contributed by atoms with Crippen LogP contribution in [-0.2, 0) is 17.4 Å². The molecule has 42 heavy (non-hydrogen) atoms. The quantitative estimate of drug-likeness (QED) is 0.356. The molecular weight excluding hydrogens is 613 g/mol. The summed E-state index contributed by atoms with van der Waals surface area (Å²) in [5.74, 6) is -1.56. The van der Waals surface area contributed by atoms with E-state index in [-0.39, 0.29) is 35.5 Å². The van der Waals surface area contributed by atoms with E-state index in [4.69, 9.17) is 4.52 Å². The molecule has 1 aliphatic rings. The Morgan fingerprint density at radius 2 is 1.67 bits per heavy atom. The molecule has 1 unspecified atom stereocenters. The number of hydrogen-bond donors (Lipinski definition) is 2. The van der Waals surface area contributed by atoms with Crippen LogP contribution in [0.3, 0.4) is 0 Å². The standard InChI is InChI=1S/C23H20F9N5O4S/c1-9-5-4-6-37(9)17(38)13-14(42-16(34-13)15-35-18(41-36-15)19(2,3)39)10-8-33-12(7-11(10)21(24,25)26)20(40,22(27,28)29)23(30,31)32/h7-9,39-40H,4-6H2,1-3H3. The molecule has 0 bridgehead atoms. The number of rotatable bonds is 5. The van der Waals surface area contributed by atoms with E-state index >= 15 is 0 Å². The number of carbonyl (C=O) groups is 1. The molecule has 4 rings (SSSR count). The van der Waals surface area contributed by atoms with E-state index < -0.39 is 69.1 Å². The highest BCUT2D eigenvalue weighted by atomic mass is 32.1. The van der Waals surface area contributed by atoms with E-state index in [1.807, 2.05) is 0 Å². The summed E-state index contributed by atoms with van der Waals surface area (Å²) in [6.07, 6.45) is -17.4. The fraction of sp³-hybridized carbons (Fsp3) is 0.522. The summed E-state index contributed by atoms with van der Waals surface area (Å²) in [6, 6.07) is -0.929. The number of amides is 1. The monoisotopic (exact) mass is 633 g/mol. The SMILES string of the molecule is CC1CCCN1C(=O)c1nc(-c2noc(C(C)(C)O)n2)sc1-c1cnc(C(O)(C(F)(F)F)C(F)(F)F)cc1C(F)(F)F. The predicted octanol–water partition coefficient (Wildman–Crippen LogP) is 5.44. The number of carbonyl (C=O) groups excluding carboxylic acids is 1. The first-order chi connectivity index (χ1) is 19.1. The fourth-order valence-electron chi connectivity index (χ4n) is 4.19. The van der Waals surface area contributed by atoms with Gasteiger partial charge in [0, 0.05) is 24.3 Å². The van der Waals surface area contributed by atoms with Crippen LogP contribution in [0.1, 0.15) is 61.2 Å². The Hall–Kier alpha value is -3.32. The lowest BCUT2D eigenvalue weighted by Crippen LogP contribution is -2.54. The third-order valence-electron chi connectivity index (χ3n) is 6.43. The number of aliphatic hydroxyl groups is 2. The molecule has 3 aromatic rings. The minimum absolute atomic E-state index is 0.0561. The third kappa shape index (κ3) is 5.44. The smallest absolute Gasteiger partial charge is 0.381 e. The maximum absolute atomic E-state index is 14.2. The highest BCUT2D eigenvalue weighted by Crippen LogP contribution is 2.51. The second kappa shape index (κ2) is 10.1. The Kier molecular flexibility index (Phi) is 7.64. The molecule has 4 heterocycles. The number of thiazole rings is 1. The molecule has 0 spiro atoms. The summed E-state index contributed by atoms with van der Waals surface area (Å²) in [4.78, 5) is 25.0. The lowest BCUT2D eigenvalue weighted by Gasteiger charge is -2.32. The van der Waals surface area contributed by atoms with Gasteiger partial charge in [0.1, 0.15) is 11.3 Å². The van der Waals surface area contributed by atoms with Crippen LogP contribution in [0, 0.1) is 0 Å². The third-order valence-corrected chi connectivity index (χ3v) is 7.51. The van der Waals surface area contributed by atoms with E-state index in [1.54, 1.807) is 6.92 Å². The molecule has 2 N–H and O–H groups in total. The average Bonchev–Trinajstić information content (AvgIpc) is 3.59. The first-order valence-electron chi connectivity index (χ1n) is 11.9. The van der Waals surface area contributed by atoms with Gasteiger partial charge in [0.05, 0.1) is 16.1 Å². The van der Waals surface area contributed by atoms with Crippen LogP contribution in [0.5, 0.6) is 0 Å². The van der Waals surface area contributed by atoms with Gasteiger partial charge in [0.25, 0.3) is 17.4 Å². The van der Waals surface area contributed by atoms with Crippen molar-refractivity contribution in [3.8, 4) is 21.3 Å². The first-order valence-corrected chi connectivity index (χ1v) is 12.7. The zero-order valence-electron chi connectivity index (χ0n) is 21.6. The maximum atomic E-state index is 14.2. The fourth-order valence-corrected chi connectivity index (χ4v) is 5.20. The molecule has 3 aromatic heterocycles. The van der Waals surface area contributed by atoms with E-state index in [1.165, 1.54) is 18.7 Å². The van der Waals surface area contributed by atoms with Gasteiger partial charge in [-0.3, -0.25) is 9.78 Å². The highest BCUT2D eigenvalue weighted by Gasteiger charge is 2.72. The van der Waals surface area contributed by atoms with Crippen LogP contribution in [-0.4, -0.2) is 66.1 Å². The Morgan fingerprint density at radius 3 is 2.14 bits per heavy atom. The van der Waals surface area contributed by atoms with Crippen molar-refractivity contribution in [1.29, 1.82) is 0 Å². The number of likely N-dealkylation sites (tertiary alicyclic amines) is 1. The number of nitrogens with zero attached hydrogens (tertiary/aromatic N) is 5. The van der Waals surface area contributed by atoms with Crippen LogP contribution < -0.4 is 0 Å². The summed E-state index contributed by atoms with van der Waals surface area (Å²) in [5.41, 5.74) is -13.5. The Labute approximate surface area is 234 Å². The van der Waals surface area contributed by atoms with Gasteiger partial charge in [-0.2, -0.15) is 44.5 Å². The zero-order chi connectivity index (χ0) is 31.6. The molecule has 1 aliphatic heterocycles. The average molecular weight is 633 g/mol. The molecular formula is C23H20F9N5O4S. The van der Waals surface area contributed by atoms with Crippen molar-refractivity contribution in [2.24, 2.45) is 0 Å². The van der Waals surface area contributed by atoms with Gasteiger partial charge in [-0.15, -0.1) is 11.3 Å². The van der Waals surface area contributed by atoms with E-state index in [9.17, 15) is 54.5 Å². The van der Waals surface area contributed by atoms with Gasteiger partial charge in [-0.25, -0.2) is 4.98 Å². The summed E-state index contributed by atoms with van der Waals surface area (Å²) >= 11 is 0.361. The number of aromatic nitrogens is 4. The van der Waals surface area contributed by atoms with Gasteiger partial charge in [-0.1, -0.05) is 5.16 Å². The summed E-state index contributed by atoms with van der Waals surface area (Å²) in [6.45, 7) is 4.44. The predicted molar refractivity (Wildman–Crippen MR) is 125 cm³/mol. The number of halogens is 9. The van der Waals surface area contributed by atoms with Crippen LogP contribution in [0.25, 0.3) is 21.3 Å². The molecule has 0 aliphatic carbocycles. The van der Waals surface area contributed by atoms with Gasteiger partial charge in [0.15, 0.2) is 5.01 Å². The van der Waals surface area contributed by atoms with E-state index in [2.05, 4.69) is 20.1 Å². The minimum Gasteiger partial charge on any atom is -0.381 e. The van der Waals surface area contributed by atoms with Crippen molar-refractivity contribution in [2.45, 2.75) is 69.4 Å². The lowest BCUT2D eigenvalue weighted by atomic mass is 9.94. The van der Waals surface area contributed by atoms with Gasteiger partial charge >= 0.3 is 18.5 Å². The summed E-state index contributed by atoms with van der Waals surface area (Å²) < 4.78 is 128. The zero-order valence-corrected chi connectivity index (χ0v) is 22.4. The van der Waals surface area contributed by atoms with Gasteiger partial charge in [-0.05, 0) is 39.7 Å². The molecule has 0 radical (unpaired) electrons. The Bertz CT molecular complexity index is 1480. The van der Waals surface area contributed by atoms with Crippen molar-refractivity contribution in [2.75, 3.05) is 6.54 Å². The minimum atomic E-state index is -6.50. The second-order valence-corrected chi connectivity index (χ2v) is 11.0. The van der Waals surface area contributed by atoms with Crippen LogP contribution >= 0.6 is 11.3 Å². The summed E-state index contributed by atoms with van der Waals surface area (Å²) in [5, 5.41) is 23.0. The number of alkyl halides is 9. The normalized spacial score (nSPS) is 17.3. The van der Waals surface area contributed by atoms with Gasteiger partial charge in [0.2, 0.25) is 5.82 Å². The lowest BCUT2D eigenvalue weighted by molar-refractivity contribution is -0.377. The molecule has 1 saturated heterocycles. The maximum Gasteiger partial charge on any atom is 0.432 e. The first kappa shape index (κ1) is 31.6. The van der Waals surface area contributed by atoms with Crippen LogP contribution in [0.2, 0.25) is 0 Å². The second-order valence-electron chi connectivity index (χ2n) is 9.99. The molecule has 1 amide bonds. The number of pyridine rings is 1. The van der Waals surface area contributed by atoms with E-state index in [0.29, 0.717) is 24.2 Å². The van der Waals surface area contributed by atoms with Crippen LogP contribution in [0.4, 0.5) is 39.5 Å². The van der Waals surface area contributed by atoms with E-state index in [0.717, 1.165) is 0 Å². The van der Waals surface area contributed by atoms with Crippen LogP contribution in [0.15, 0.2) is 16.8 Å². The van der Waals surface area contributed by atoms with Crippen molar-refractivity contribution in [3.05, 3.63) is 35.1 Å². The number of hydrogen-bond acceptors (Lipinski definition) is 9. The van der Waals surface area contributed by atoms with Crippen molar-refractivity contribution in [1.82, 2.24) is 25.0 Å². The Morgan fingerprint density at radius 1 is 1.05 bits per heavy atom. The van der Waals surface area contributed by atoms with Crippen molar-refractivity contribution >= 4 is 17.2 Å².